The lowest BCUT2D eigenvalue weighted by Crippen LogP contribution is -2.15. The minimum Gasteiger partial charge on any atom is -0.494 e. The Hall–Kier alpha value is -2.93. The Morgan fingerprint density at radius 1 is 1.18 bits per heavy atom. The molecule has 0 aliphatic rings. The minimum atomic E-state index is -0.642. The van der Waals surface area contributed by atoms with E-state index in [1.54, 1.807) is 17.4 Å². The lowest BCUT2D eigenvalue weighted by molar-refractivity contribution is 0.0474. The standard InChI is InChI=1S/C21H20FNO4S/c1-13-9-17(14(2)23(13)11-16-5-4-8-28-16)21(25)27-12-19(24)15-6-7-20(26-3)18(22)10-15/h4-10H,11-12H2,1-3H3. The summed E-state index contributed by atoms with van der Waals surface area (Å²) in [6, 6.07) is 9.64. The third kappa shape index (κ3) is 4.14. The first kappa shape index (κ1) is 19.8. The van der Waals surface area contributed by atoms with Crippen molar-refractivity contribution in [1.82, 2.24) is 4.57 Å². The number of aromatic nitrogens is 1. The highest BCUT2D eigenvalue weighted by atomic mass is 32.1. The second kappa shape index (κ2) is 8.39. The fraction of sp³-hybridized carbons (Fsp3) is 0.238. The van der Waals surface area contributed by atoms with Gasteiger partial charge in [0.2, 0.25) is 0 Å². The number of ether oxygens (including phenoxy) is 2. The van der Waals surface area contributed by atoms with Crippen LogP contribution in [0.25, 0.3) is 0 Å². The summed E-state index contributed by atoms with van der Waals surface area (Å²) in [5.41, 5.74) is 2.25. The Bertz CT molecular complexity index is 1010. The molecule has 2 heterocycles. The Kier molecular flexibility index (Phi) is 5.94. The van der Waals surface area contributed by atoms with E-state index < -0.39 is 24.2 Å². The molecule has 0 bridgehead atoms. The monoisotopic (exact) mass is 401 g/mol. The average molecular weight is 401 g/mol. The van der Waals surface area contributed by atoms with Crippen LogP contribution in [-0.2, 0) is 11.3 Å². The molecule has 0 saturated heterocycles. The molecule has 0 amide bonds. The number of benzene rings is 1. The number of thiophene rings is 1. The van der Waals surface area contributed by atoms with E-state index >= 15 is 0 Å². The van der Waals surface area contributed by atoms with Gasteiger partial charge in [0, 0.05) is 21.8 Å². The van der Waals surface area contributed by atoms with E-state index in [1.807, 2.05) is 35.9 Å². The number of carbonyl (C=O) groups excluding carboxylic acids is 2. The molecule has 0 aliphatic carbocycles. The summed E-state index contributed by atoms with van der Waals surface area (Å²) in [6.45, 7) is 3.98. The first-order valence-electron chi connectivity index (χ1n) is 8.63. The molecule has 1 aromatic carbocycles. The highest BCUT2D eigenvalue weighted by Gasteiger charge is 2.19. The van der Waals surface area contributed by atoms with Gasteiger partial charge in [-0.25, -0.2) is 9.18 Å². The van der Waals surface area contributed by atoms with Gasteiger partial charge in [0.25, 0.3) is 0 Å². The summed E-state index contributed by atoms with van der Waals surface area (Å²) in [5.74, 6) is -1.65. The highest BCUT2D eigenvalue weighted by molar-refractivity contribution is 7.09. The van der Waals surface area contributed by atoms with Crippen LogP contribution in [0.4, 0.5) is 4.39 Å². The van der Waals surface area contributed by atoms with Gasteiger partial charge in [-0.15, -0.1) is 11.3 Å². The van der Waals surface area contributed by atoms with Gasteiger partial charge in [-0.1, -0.05) is 6.07 Å². The van der Waals surface area contributed by atoms with E-state index in [4.69, 9.17) is 9.47 Å². The van der Waals surface area contributed by atoms with Crippen molar-refractivity contribution >= 4 is 23.1 Å². The molecule has 0 N–H and O–H groups in total. The number of nitrogens with zero attached hydrogens (tertiary/aromatic N) is 1. The van der Waals surface area contributed by atoms with E-state index in [-0.39, 0.29) is 11.3 Å². The molecule has 7 heteroatoms. The number of esters is 1. The molecule has 3 rings (SSSR count). The molecular formula is C21H20FNO4S. The van der Waals surface area contributed by atoms with Gasteiger partial charge < -0.3 is 14.0 Å². The third-order valence-electron chi connectivity index (χ3n) is 4.50. The average Bonchev–Trinajstić information content (AvgIpc) is 3.29. The number of ketones is 1. The highest BCUT2D eigenvalue weighted by Crippen LogP contribution is 2.21. The number of Topliss-reactive ketones (excluding diaryl/α,β-unsaturated/α-hetero) is 1. The van der Waals surface area contributed by atoms with E-state index in [2.05, 4.69) is 0 Å². The smallest absolute Gasteiger partial charge is 0.340 e. The molecule has 0 unspecified atom stereocenters. The summed E-state index contributed by atoms with van der Waals surface area (Å²) in [6.07, 6.45) is 0. The lowest BCUT2D eigenvalue weighted by Gasteiger charge is -2.09. The second-order valence-corrected chi connectivity index (χ2v) is 7.33. The van der Waals surface area contributed by atoms with Gasteiger partial charge in [-0.2, -0.15) is 0 Å². The minimum absolute atomic E-state index is 0.0479. The third-order valence-corrected chi connectivity index (χ3v) is 5.36. The van der Waals surface area contributed by atoms with Crippen molar-refractivity contribution in [2.75, 3.05) is 13.7 Å². The largest absolute Gasteiger partial charge is 0.494 e. The van der Waals surface area contributed by atoms with Crippen LogP contribution in [0.2, 0.25) is 0 Å². The van der Waals surface area contributed by atoms with E-state index in [0.29, 0.717) is 12.1 Å². The van der Waals surface area contributed by atoms with Crippen LogP contribution in [0, 0.1) is 19.7 Å². The van der Waals surface area contributed by atoms with Crippen LogP contribution in [0.3, 0.4) is 0 Å². The zero-order valence-corrected chi connectivity index (χ0v) is 16.6. The maximum Gasteiger partial charge on any atom is 0.340 e. The SMILES string of the molecule is COc1ccc(C(=O)COC(=O)c2cc(C)n(Cc3cccs3)c2C)cc1F. The van der Waals surface area contributed by atoms with Gasteiger partial charge in [-0.3, -0.25) is 4.79 Å². The molecule has 2 aromatic heterocycles. The van der Waals surface area contributed by atoms with Crippen molar-refractivity contribution in [3.05, 3.63) is 75.0 Å². The van der Waals surface area contributed by atoms with Gasteiger partial charge in [0.1, 0.15) is 0 Å². The summed E-state index contributed by atoms with van der Waals surface area (Å²) in [4.78, 5) is 25.8. The predicted molar refractivity (Wildman–Crippen MR) is 105 cm³/mol. The number of carbonyl (C=O) groups is 2. The maximum absolute atomic E-state index is 13.7. The Morgan fingerprint density at radius 3 is 2.61 bits per heavy atom. The Morgan fingerprint density at radius 2 is 1.96 bits per heavy atom. The van der Waals surface area contributed by atoms with Crippen molar-refractivity contribution in [2.24, 2.45) is 0 Å². The van der Waals surface area contributed by atoms with Crippen LogP contribution in [0.1, 0.15) is 37.0 Å². The molecule has 3 aromatic rings. The molecular weight excluding hydrogens is 381 g/mol. The summed E-state index contributed by atoms with van der Waals surface area (Å²) >= 11 is 1.65. The number of hydrogen-bond donors (Lipinski definition) is 0. The topological polar surface area (TPSA) is 57.5 Å². The normalized spacial score (nSPS) is 10.7. The molecule has 0 radical (unpaired) electrons. The summed E-state index contributed by atoms with van der Waals surface area (Å²) in [5, 5.41) is 2.01. The molecule has 0 atom stereocenters. The van der Waals surface area contributed by atoms with E-state index in [9.17, 15) is 14.0 Å². The van der Waals surface area contributed by atoms with Gasteiger partial charge in [-0.05, 0) is 49.6 Å². The van der Waals surface area contributed by atoms with Gasteiger partial charge in [0.05, 0.1) is 19.2 Å². The van der Waals surface area contributed by atoms with Crippen molar-refractivity contribution in [3.63, 3.8) is 0 Å². The number of aryl methyl sites for hydroxylation is 1. The first-order valence-corrected chi connectivity index (χ1v) is 9.51. The van der Waals surface area contributed by atoms with E-state index in [1.165, 1.54) is 24.1 Å². The van der Waals surface area contributed by atoms with Crippen molar-refractivity contribution in [3.8, 4) is 5.75 Å². The van der Waals surface area contributed by atoms with Crippen LogP contribution in [0.15, 0.2) is 41.8 Å². The predicted octanol–water partition coefficient (Wildman–Crippen LogP) is 4.40. The van der Waals surface area contributed by atoms with Crippen LogP contribution in [0.5, 0.6) is 5.75 Å². The summed E-state index contributed by atoms with van der Waals surface area (Å²) in [7, 11) is 1.34. The number of rotatable bonds is 7. The molecule has 5 nitrogen and oxygen atoms in total. The lowest BCUT2D eigenvalue weighted by atomic mass is 10.1. The molecule has 0 aliphatic heterocycles. The quantitative estimate of drug-likeness (QED) is 0.435. The maximum atomic E-state index is 13.7. The van der Waals surface area contributed by atoms with Gasteiger partial charge in [0.15, 0.2) is 24.0 Å². The molecule has 0 saturated carbocycles. The zero-order chi connectivity index (χ0) is 20.3. The first-order chi connectivity index (χ1) is 13.4. The number of methoxy groups -OCH3 is 1. The van der Waals surface area contributed by atoms with Crippen molar-refractivity contribution < 1.29 is 23.5 Å². The molecule has 146 valence electrons. The summed E-state index contributed by atoms with van der Waals surface area (Å²) < 4.78 is 25.8. The molecule has 0 fully saturated rings. The molecule has 0 spiro atoms. The van der Waals surface area contributed by atoms with Crippen LogP contribution < -0.4 is 4.74 Å². The number of halogens is 1. The van der Waals surface area contributed by atoms with Crippen molar-refractivity contribution in [2.45, 2.75) is 20.4 Å². The van der Waals surface area contributed by atoms with Crippen LogP contribution in [-0.4, -0.2) is 30.0 Å². The van der Waals surface area contributed by atoms with Crippen LogP contribution >= 0.6 is 11.3 Å². The zero-order valence-electron chi connectivity index (χ0n) is 15.8. The molecule has 28 heavy (non-hydrogen) atoms. The number of hydrogen-bond acceptors (Lipinski definition) is 5. The Balaban J connectivity index is 1.68. The fourth-order valence-electron chi connectivity index (χ4n) is 2.94. The fourth-order valence-corrected chi connectivity index (χ4v) is 3.63. The van der Waals surface area contributed by atoms with E-state index in [0.717, 1.165) is 17.5 Å². The van der Waals surface area contributed by atoms with Crippen molar-refractivity contribution in [1.29, 1.82) is 0 Å². The Labute approximate surface area is 166 Å². The second-order valence-electron chi connectivity index (χ2n) is 6.30. The van der Waals surface area contributed by atoms with Gasteiger partial charge >= 0.3 is 5.97 Å².